The summed E-state index contributed by atoms with van der Waals surface area (Å²) in [6.45, 7) is 4.94. The van der Waals surface area contributed by atoms with Crippen LogP contribution in [-0.2, 0) is 19.5 Å². The molecule has 0 amide bonds. The van der Waals surface area contributed by atoms with E-state index in [1.807, 2.05) is 24.3 Å². The number of anilines is 1. The summed E-state index contributed by atoms with van der Waals surface area (Å²) in [6.07, 6.45) is 3.73. The minimum atomic E-state index is -3.94. The number of hydrogen-bond acceptors (Lipinski definition) is 6. The predicted octanol–water partition coefficient (Wildman–Crippen LogP) is 3.67. The monoisotopic (exact) mass is 457 g/mol. The highest BCUT2D eigenvalue weighted by molar-refractivity contribution is 7.93. The van der Waals surface area contributed by atoms with E-state index in [0.717, 1.165) is 23.9 Å². The Bertz CT molecular complexity index is 1100. The van der Waals surface area contributed by atoms with Crippen molar-refractivity contribution in [3.63, 3.8) is 0 Å². The quantitative estimate of drug-likeness (QED) is 0.432. The van der Waals surface area contributed by atoms with E-state index in [1.54, 1.807) is 14.0 Å². The van der Waals surface area contributed by atoms with Crippen LogP contribution in [0.1, 0.15) is 31.7 Å². The second kappa shape index (κ2) is 11.4. The number of piperidine rings is 1. The van der Waals surface area contributed by atoms with Crippen LogP contribution in [0.25, 0.3) is 16.3 Å². The van der Waals surface area contributed by atoms with E-state index in [-0.39, 0.29) is 18.1 Å². The maximum atomic E-state index is 12.7. The topological polar surface area (TPSA) is 91.7 Å². The summed E-state index contributed by atoms with van der Waals surface area (Å²) in [4.78, 5) is 2.13. The molecule has 0 atom stereocenters. The Morgan fingerprint density at radius 3 is 2.50 bits per heavy atom. The first-order valence-corrected chi connectivity index (χ1v) is 12.4. The van der Waals surface area contributed by atoms with Gasteiger partial charge in [-0.05, 0) is 66.3 Å². The van der Waals surface area contributed by atoms with Crippen molar-refractivity contribution in [3.05, 3.63) is 46.9 Å². The molecule has 0 spiro atoms. The van der Waals surface area contributed by atoms with Gasteiger partial charge in [0.25, 0.3) is 10.0 Å². The number of nitrogens with zero attached hydrogens (tertiary/aromatic N) is 2. The van der Waals surface area contributed by atoms with Crippen molar-refractivity contribution in [1.82, 2.24) is 4.72 Å². The minimum Gasteiger partial charge on any atom is -0.382 e. The molecular formula is C24H31N3O4S. The van der Waals surface area contributed by atoms with Crippen LogP contribution in [0.15, 0.2) is 41.3 Å². The van der Waals surface area contributed by atoms with Gasteiger partial charge in [-0.3, -0.25) is 0 Å². The molecule has 7 nitrogen and oxygen atoms in total. The second-order valence-electron chi connectivity index (χ2n) is 7.86. The van der Waals surface area contributed by atoms with E-state index in [1.165, 1.54) is 24.9 Å². The SMILES string of the molecule is COCCOCCNS(=O)(=O)/C(C#N)=C(\C)c1ccc2cc(N3CCCCC3)ccc2c1. The zero-order valence-electron chi connectivity index (χ0n) is 18.8. The fourth-order valence-corrected chi connectivity index (χ4v) is 4.99. The first-order valence-electron chi connectivity index (χ1n) is 10.9. The molecule has 2 aromatic rings. The molecule has 172 valence electrons. The Morgan fingerprint density at radius 1 is 1.06 bits per heavy atom. The van der Waals surface area contributed by atoms with Crippen molar-refractivity contribution in [3.8, 4) is 6.07 Å². The van der Waals surface area contributed by atoms with Crippen LogP contribution in [0.4, 0.5) is 5.69 Å². The average molecular weight is 458 g/mol. The molecule has 0 unspecified atom stereocenters. The number of rotatable bonds is 10. The Labute approximate surface area is 190 Å². The molecule has 1 fully saturated rings. The summed E-state index contributed by atoms with van der Waals surface area (Å²) in [7, 11) is -2.37. The summed E-state index contributed by atoms with van der Waals surface area (Å²) in [5, 5.41) is 11.7. The zero-order valence-corrected chi connectivity index (χ0v) is 19.6. The summed E-state index contributed by atoms with van der Waals surface area (Å²) < 4.78 is 37.9. The highest BCUT2D eigenvalue weighted by Crippen LogP contribution is 2.29. The van der Waals surface area contributed by atoms with Crippen molar-refractivity contribution in [2.45, 2.75) is 26.2 Å². The van der Waals surface area contributed by atoms with Crippen LogP contribution in [0.3, 0.4) is 0 Å². The number of allylic oxidation sites excluding steroid dienone is 2. The number of fused-ring (bicyclic) bond motifs is 1. The standard InChI is InChI=1S/C24H31N3O4S/c1-19(24(18-25)32(28,29)26-10-13-31-15-14-30-2)20-6-7-22-17-23(9-8-21(22)16-20)27-11-4-3-5-12-27/h6-9,16-17,26H,3-5,10-15H2,1-2H3/b24-19+. The molecular weight excluding hydrogens is 426 g/mol. The van der Waals surface area contributed by atoms with E-state index in [2.05, 4.69) is 27.8 Å². The lowest BCUT2D eigenvalue weighted by atomic mass is 10.0. The molecule has 0 aliphatic carbocycles. The van der Waals surface area contributed by atoms with E-state index in [0.29, 0.717) is 24.4 Å². The van der Waals surface area contributed by atoms with E-state index >= 15 is 0 Å². The van der Waals surface area contributed by atoms with Crippen molar-refractivity contribution in [1.29, 1.82) is 5.26 Å². The summed E-state index contributed by atoms with van der Waals surface area (Å²) >= 11 is 0. The van der Waals surface area contributed by atoms with Crippen molar-refractivity contribution in [2.75, 3.05) is 51.5 Å². The maximum absolute atomic E-state index is 12.7. The number of nitriles is 1. The van der Waals surface area contributed by atoms with Gasteiger partial charge in [0.15, 0.2) is 4.91 Å². The molecule has 1 aliphatic heterocycles. The largest absolute Gasteiger partial charge is 0.382 e. The molecule has 3 rings (SSSR count). The number of benzene rings is 2. The Kier molecular flexibility index (Phi) is 8.65. The third kappa shape index (κ3) is 6.08. The summed E-state index contributed by atoms with van der Waals surface area (Å²) in [5.74, 6) is 0. The van der Waals surface area contributed by atoms with Crippen LogP contribution in [0.2, 0.25) is 0 Å². The molecule has 0 saturated carbocycles. The summed E-state index contributed by atoms with van der Waals surface area (Å²) in [5.41, 5.74) is 2.35. The Balaban J connectivity index is 1.77. The van der Waals surface area contributed by atoms with Gasteiger partial charge in [0.05, 0.1) is 19.8 Å². The third-order valence-electron chi connectivity index (χ3n) is 5.66. The van der Waals surface area contributed by atoms with E-state index in [4.69, 9.17) is 9.47 Å². The van der Waals surface area contributed by atoms with Crippen molar-refractivity contribution >= 4 is 32.1 Å². The molecule has 32 heavy (non-hydrogen) atoms. The number of ether oxygens (including phenoxy) is 2. The predicted molar refractivity (Wildman–Crippen MR) is 128 cm³/mol. The normalized spacial score (nSPS) is 15.5. The average Bonchev–Trinajstić information content (AvgIpc) is 2.81. The van der Waals surface area contributed by atoms with Gasteiger partial charge in [0.2, 0.25) is 0 Å². The number of hydrogen-bond donors (Lipinski definition) is 1. The molecule has 0 bridgehead atoms. The number of nitrogens with one attached hydrogen (secondary N) is 1. The van der Waals surface area contributed by atoms with Gasteiger partial charge in [0.1, 0.15) is 6.07 Å². The molecule has 0 aromatic heterocycles. The maximum Gasteiger partial charge on any atom is 0.251 e. The zero-order chi connectivity index (χ0) is 23.0. The fraction of sp³-hybridized carbons (Fsp3) is 0.458. The van der Waals surface area contributed by atoms with Crippen LogP contribution in [0.5, 0.6) is 0 Å². The first kappa shape index (κ1) is 24.2. The van der Waals surface area contributed by atoms with E-state index < -0.39 is 10.0 Å². The van der Waals surface area contributed by atoms with Crippen LogP contribution < -0.4 is 9.62 Å². The minimum absolute atomic E-state index is 0.0848. The van der Waals surface area contributed by atoms with Crippen molar-refractivity contribution < 1.29 is 17.9 Å². The number of methoxy groups -OCH3 is 1. The van der Waals surface area contributed by atoms with Crippen LogP contribution >= 0.6 is 0 Å². The smallest absolute Gasteiger partial charge is 0.251 e. The highest BCUT2D eigenvalue weighted by atomic mass is 32.2. The highest BCUT2D eigenvalue weighted by Gasteiger charge is 2.21. The molecule has 1 saturated heterocycles. The lowest BCUT2D eigenvalue weighted by Gasteiger charge is -2.29. The van der Waals surface area contributed by atoms with Gasteiger partial charge in [-0.15, -0.1) is 0 Å². The van der Waals surface area contributed by atoms with E-state index in [9.17, 15) is 13.7 Å². The van der Waals surface area contributed by atoms with Crippen LogP contribution in [-0.4, -0.2) is 55.0 Å². The van der Waals surface area contributed by atoms with Gasteiger partial charge in [-0.25, -0.2) is 13.1 Å². The third-order valence-corrected chi connectivity index (χ3v) is 7.18. The van der Waals surface area contributed by atoms with Gasteiger partial charge < -0.3 is 14.4 Å². The lowest BCUT2D eigenvalue weighted by molar-refractivity contribution is 0.0736. The molecule has 1 N–H and O–H groups in total. The second-order valence-corrected chi connectivity index (χ2v) is 9.57. The van der Waals surface area contributed by atoms with Crippen LogP contribution in [0, 0.1) is 11.3 Å². The Hall–Kier alpha value is -2.44. The Morgan fingerprint density at radius 2 is 1.78 bits per heavy atom. The summed E-state index contributed by atoms with van der Waals surface area (Å²) in [6, 6.07) is 14.0. The molecule has 8 heteroatoms. The van der Waals surface area contributed by atoms with Gasteiger partial charge in [0, 0.05) is 32.4 Å². The molecule has 1 aliphatic rings. The molecule has 1 heterocycles. The van der Waals surface area contributed by atoms with Gasteiger partial charge in [-0.2, -0.15) is 5.26 Å². The van der Waals surface area contributed by atoms with Gasteiger partial charge in [-0.1, -0.05) is 18.2 Å². The van der Waals surface area contributed by atoms with Gasteiger partial charge >= 0.3 is 0 Å². The number of sulfonamides is 1. The molecule has 2 aromatic carbocycles. The molecule has 0 radical (unpaired) electrons. The van der Waals surface area contributed by atoms with Crippen molar-refractivity contribution in [2.24, 2.45) is 0 Å². The fourth-order valence-electron chi connectivity index (χ4n) is 3.86. The first-order chi connectivity index (χ1) is 15.5. The lowest BCUT2D eigenvalue weighted by Crippen LogP contribution is -2.29.